The number of nitrogens with one attached hydrogen (secondary N) is 2. The van der Waals surface area contributed by atoms with Gasteiger partial charge in [-0.2, -0.15) is 5.26 Å². The van der Waals surface area contributed by atoms with Crippen LogP contribution in [0.5, 0.6) is 11.5 Å². The van der Waals surface area contributed by atoms with Crippen molar-refractivity contribution in [2.24, 2.45) is 0 Å². The summed E-state index contributed by atoms with van der Waals surface area (Å²) in [4.78, 5) is 14.0. The molecule has 7 heteroatoms. The van der Waals surface area contributed by atoms with Crippen LogP contribution in [0.4, 0.5) is 0 Å². The van der Waals surface area contributed by atoms with Crippen molar-refractivity contribution in [2.45, 2.75) is 20.3 Å². The molecule has 1 saturated heterocycles. The molecule has 1 aliphatic rings. The van der Waals surface area contributed by atoms with Gasteiger partial charge in [0.25, 0.3) is 5.91 Å². The molecule has 27 heavy (non-hydrogen) atoms. The highest BCUT2D eigenvalue weighted by Crippen LogP contribution is 2.28. The fourth-order valence-corrected chi connectivity index (χ4v) is 2.82. The van der Waals surface area contributed by atoms with Crippen molar-refractivity contribution in [3.63, 3.8) is 0 Å². The van der Waals surface area contributed by atoms with Crippen LogP contribution >= 0.6 is 0 Å². The molecule has 1 fully saturated rings. The van der Waals surface area contributed by atoms with E-state index >= 15 is 0 Å². The Morgan fingerprint density at radius 3 is 2.63 bits per heavy atom. The Labute approximate surface area is 160 Å². The average Bonchev–Trinajstić information content (AvgIpc) is 2.70. The van der Waals surface area contributed by atoms with E-state index in [9.17, 15) is 10.1 Å². The molecule has 0 saturated carbocycles. The van der Waals surface area contributed by atoms with Gasteiger partial charge in [-0.05, 0) is 38.0 Å². The Balaban J connectivity index is 1.90. The van der Waals surface area contributed by atoms with Crippen molar-refractivity contribution in [3.05, 3.63) is 35.5 Å². The number of benzene rings is 1. The topological polar surface area (TPSA) is 86.6 Å². The van der Waals surface area contributed by atoms with E-state index in [0.29, 0.717) is 32.8 Å². The molecule has 0 radical (unpaired) electrons. The number of amides is 1. The minimum absolute atomic E-state index is 0.138. The van der Waals surface area contributed by atoms with Crippen LogP contribution in [0, 0.1) is 11.3 Å². The van der Waals surface area contributed by atoms with Gasteiger partial charge in [-0.3, -0.25) is 4.79 Å². The van der Waals surface area contributed by atoms with Gasteiger partial charge in [-0.15, -0.1) is 0 Å². The van der Waals surface area contributed by atoms with E-state index in [1.165, 1.54) is 6.20 Å². The molecular formula is C20H28N4O3. The summed E-state index contributed by atoms with van der Waals surface area (Å²) in [7, 11) is 0. The second-order valence-electron chi connectivity index (χ2n) is 6.06. The van der Waals surface area contributed by atoms with Crippen molar-refractivity contribution in [1.82, 2.24) is 15.5 Å². The van der Waals surface area contributed by atoms with Crippen LogP contribution in [0.25, 0.3) is 0 Å². The van der Waals surface area contributed by atoms with Crippen LogP contribution in [0.2, 0.25) is 0 Å². The Kier molecular flexibility index (Phi) is 8.46. The van der Waals surface area contributed by atoms with Crippen LogP contribution in [-0.2, 0) is 11.2 Å². The molecule has 0 spiro atoms. The molecule has 2 N–H and O–H groups in total. The fourth-order valence-electron chi connectivity index (χ4n) is 2.82. The standard InChI is InChI=1S/C20H28N4O3/c1-3-26-18-6-5-16(13-19(18)27-4-2)7-8-23-15-17(14-21)20(25)24-11-9-22-10-12-24/h5-6,13,15,22-23H,3-4,7-12H2,1-2H3/b17-15-. The molecule has 0 aromatic heterocycles. The first-order valence-electron chi connectivity index (χ1n) is 9.41. The number of carbonyl (C=O) groups excluding carboxylic acids is 1. The van der Waals surface area contributed by atoms with Crippen LogP contribution in [0.1, 0.15) is 19.4 Å². The number of piperazine rings is 1. The molecular weight excluding hydrogens is 344 g/mol. The molecule has 1 aromatic rings. The molecule has 7 nitrogen and oxygen atoms in total. The van der Waals surface area contributed by atoms with Gasteiger partial charge in [0.2, 0.25) is 0 Å². The van der Waals surface area contributed by atoms with Crippen molar-refractivity contribution < 1.29 is 14.3 Å². The highest BCUT2D eigenvalue weighted by Gasteiger charge is 2.19. The van der Waals surface area contributed by atoms with Crippen LogP contribution in [0.3, 0.4) is 0 Å². The molecule has 2 rings (SSSR count). The van der Waals surface area contributed by atoms with E-state index in [1.807, 2.05) is 38.1 Å². The first kappa shape index (κ1) is 20.6. The molecule has 1 heterocycles. The number of hydrogen-bond acceptors (Lipinski definition) is 6. The monoisotopic (exact) mass is 372 g/mol. The fraction of sp³-hybridized carbons (Fsp3) is 0.500. The molecule has 0 aliphatic carbocycles. The van der Waals surface area contributed by atoms with Crippen molar-refractivity contribution >= 4 is 5.91 Å². The lowest BCUT2D eigenvalue weighted by Gasteiger charge is -2.27. The summed E-state index contributed by atoms with van der Waals surface area (Å²) >= 11 is 0. The summed E-state index contributed by atoms with van der Waals surface area (Å²) in [5, 5.41) is 15.5. The zero-order valence-corrected chi connectivity index (χ0v) is 16.1. The van der Waals surface area contributed by atoms with Gasteiger partial charge in [0.05, 0.1) is 13.2 Å². The predicted molar refractivity (Wildman–Crippen MR) is 104 cm³/mol. The van der Waals surface area contributed by atoms with Crippen molar-refractivity contribution in [3.8, 4) is 17.6 Å². The smallest absolute Gasteiger partial charge is 0.266 e. The van der Waals surface area contributed by atoms with Crippen molar-refractivity contribution in [1.29, 1.82) is 5.26 Å². The zero-order chi connectivity index (χ0) is 19.5. The molecule has 146 valence electrons. The third kappa shape index (κ3) is 6.19. The van der Waals surface area contributed by atoms with Gasteiger partial charge >= 0.3 is 0 Å². The maximum atomic E-state index is 12.3. The van der Waals surface area contributed by atoms with E-state index in [-0.39, 0.29) is 11.5 Å². The lowest BCUT2D eigenvalue weighted by Crippen LogP contribution is -2.46. The Morgan fingerprint density at radius 2 is 1.96 bits per heavy atom. The summed E-state index contributed by atoms with van der Waals surface area (Å²) in [6.07, 6.45) is 2.26. The van der Waals surface area contributed by atoms with Gasteiger partial charge < -0.3 is 25.0 Å². The van der Waals surface area contributed by atoms with Gasteiger partial charge in [0, 0.05) is 38.9 Å². The summed E-state index contributed by atoms with van der Waals surface area (Å²) in [6, 6.07) is 7.87. The largest absolute Gasteiger partial charge is 0.490 e. The number of ether oxygens (including phenoxy) is 2. The van der Waals surface area contributed by atoms with Crippen molar-refractivity contribution in [2.75, 3.05) is 45.9 Å². The second-order valence-corrected chi connectivity index (χ2v) is 6.06. The zero-order valence-electron chi connectivity index (χ0n) is 16.1. The van der Waals surface area contributed by atoms with E-state index in [1.54, 1.807) is 4.90 Å². The first-order valence-corrected chi connectivity index (χ1v) is 9.41. The predicted octanol–water partition coefficient (Wildman–Crippen LogP) is 1.46. The average molecular weight is 372 g/mol. The van der Waals surface area contributed by atoms with Gasteiger partial charge in [-0.1, -0.05) is 6.07 Å². The summed E-state index contributed by atoms with van der Waals surface area (Å²) in [5.41, 5.74) is 1.23. The molecule has 0 bridgehead atoms. The third-order valence-corrected chi connectivity index (χ3v) is 4.17. The molecule has 1 aromatic carbocycles. The highest BCUT2D eigenvalue weighted by atomic mass is 16.5. The summed E-state index contributed by atoms with van der Waals surface area (Å²) in [6.45, 7) is 8.43. The second kappa shape index (κ2) is 11.1. The molecule has 1 aliphatic heterocycles. The van der Waals surface area contributed by atoms with E-state index < -0.39 is 0 Å². The molecule has 0 unspecified atom stereocenters. The number of nitrogens with zero attached hydrogens (tertiary/aromatic N) is 2. The van der Waals surface area contributed by atoms with E-state index in [0.717, 1.165) is 36.6 Å². The normalized spacial score (nSPS) is 14.4. The SMILES string of the molecule is CCOc1ccc(CCN/C=C(/C#N)C(=O)N2CCNCC2)cc1OCC. The first-order chi connectivity index (χ1) is 13.2. The Morgan fingerprint density at radius 1 is 1.26 bits per heavy atom. The molecule has 0 atom stereocenters. The van der Waals surface area contributed by atoms with E-state index in [4.69, 9.17) is 9.47 Å². The van der Waals surface area contributed by atoms with E-state index in [2.05, 4.69) is 10.6 Å². The highest BCUT2D eigenvalue weighted by molar-refractivity contribution is 5.97. The Hall–Kier alpha value is -2.72. The van der Waals surface area contributed by atoms with Crippen LogP contribution in [-0.4, -0.2) is 56.7 Å². The van der Waals surface area contributed by atoms with Gasteiger partial charge in [-0.25, -0.2) is 0 Å². The lowest BCUT2D eigenvalue weighted by atomic mass is 10.1. The number of rotatable bonds is 9. The third-order valence-electron chi connectivity index (χ3n) is 4.17. The summed E-state index contributed by atoms with van der Waals surface area (Å²) in [5.74, 6) is 1.26. The van der Waals surface area contributed by atoms with Gasteiger partial charge in [0.15, 0.2) is 11.5 Å². The number of nitriles is 1. The minimum atomic E-state index is -0.216. The summed E-state index contributed by atoms with van der Waals surface area (Å²) < 4.78 is 11.2. The minimum Gasteiger partial charge on any atom is -0.490 e. The maximum absolute atomic E-state index is 12.3. The quantitative estimate of drug-likeness (QED) is 0.388. The number of hydrogen-bond donors (Lipinski definition) is 2. The lowest BCUT2D eigenvalue weighted by molar-refractivity contribution is -0.127. The maximum Gasteiger partial charge on any atom is 0.266 e. The molecule has 1 amide bonds. The van der Waals surface area contributed by atoms with Crippen LogP contribution < -0.4 is 20.1 Å². The van der Waals surface area contributed by atoms with Gasteiger partial charge in [0.1, 0.15) is 11.6 Å². The number of carbonyl (C=O) groups is 1. The Bertz CT molecular complexity index is 691. The van der Waals surface area contributed by atoms with Crippen LogP contribution in [0.15, 0.2) is 30.0 Å².